The van der Waals surface area contributed by atoms with E-state index < -0.39 is 43.3 Å². The van der Waals surface area contributed by atoms with Crippen molar-refractivity contribution in [2.45, 2.75) is 37.6 Å². The second-order valence-electron chi connectivity index (χ2n) is 6.46. The number of aliphatic hydroxyl groups is 4. The monoisotopic (exact) mass is 390 g/mol. The Bertz CT molecular complexity index is 821. The van der Waals surface area contributed by atoms with Crippen molar-refractivity contribution in [3.63, 3.8) is 0 Å². The van der Waals surface area contributed by atoms with Crippen LogP contribution in [0.3, 0.4) is 0 Å². The highest BCUT2D eigenvalue weighted by molar-refractivity contribution is 5.71. The number of rotatable bonds is 5. The van der Waals surface area contributed by atoms with Crippen LogP contribution in [0.4, 0.5) is 0 Å². The Morgan fingerprint density at radius 1 is 0.964 bits per heavy atom. The quantitative estimate of drug-likeness (QED) is 0.429. The second-order valence-corrected chi connectivity index (χ2v) is 6.46. The van der Waals surface area contributed by atoms with E-state index in [0.717, 1.165) is 11.1 Å². The SMILES string of the molecule is CC(=O)Oc1cccc(-c2cccc(O[C@@H]3O[C@H](CO)[C@@H](O)[C@H](O)[C@@H]3O)c2)c1. The molecule has 0 saturated carbocycles. The summed E-state index contributed by atoms with van der Waals surface area (Å²) in [5, 5.41) is 39.1. The molecule has 0 aliphatic carbocycles. The summed E-state index contributed by atoms with van der Waals surface area (Å²) in [6, 6.07) is 13.8. The minimum absolute atomic E-state index is 0.347. The number of ether oxygens (including phenoxy) is 3. The molecule has 0 amide bonds. The summed E-state index contributed by atoms with van der Waals surface area (Å²) < 4.78 is 16.1. The first-order valence-corrected chi connectivity index (χ1v) is 8.75. The van der Waals surface area contributed by atoms with Gasteiger partial charge in [-0.15, -0.1) is 0 Å². The maximum atomic E-state index is 11.1. The Labute approximate surface area is 161 Å². The predicted octanol–water partition coefficient (Wildman–Crippen LogP) is 0.458. The molecule has 1 saturated heterocycles. The van der Waals surface area contributed by atoms with Crippen LogP contribution in [0.2, 0.25) is 0 Å². The molecule has 2 aromatic rings. The fourth-order valence-corrected chi connectivity index (χ4v) is 2.95. The van der Waals surface area contributed by atoms with Crippen molar-refractivity contribution in [1.29, 1.82) is 0 Å². The van der Waals surface area contributed by atoms with Crippen LogP contribution in [0.15, 0.2) is 48.5 Å². The molecule has 1 aliphatic heterocycles. The van der Waals surface area contributed by atoms with Crippen LogP contribution in [-0.2, 0) is 9.53 Å². The molecule has 3 rings (SSSR count). The minimum Gasteiger partial charge on any atom is -0.462 e. The topological polar surface area (TPSA) is 126 Å². The number of carbonyl (C=O) groups excluding carboxylic acids is 1. The molecular formula is C20H22O8. The normalized spacial score (nSPS) is 27.2. The van der Waals surface area contributed by atoms with Gasteiger partial charge in [-0.1, -0.05) is 24.3 Å². The molecular weight excluding hydrogens is 368 g/mol. The van der Waals surface area contributed by atoms with Crippen molar-refractivity contribution < 1.29 is 39.4 Å². The van der Waals surface area contributed by atoms with Gasteiger partial charge in [0.25, 0.3) is 0 Å². The maximum Gasteiger partial charge on any atom is 0.308 e. The standard InChI is InChI=1S/C20H22O8/c1-11(22)26-14-6-2-4-12(8-14)13-5-3-7-15(9-13)27-20-19(25)18(24)17(23)16(10-21)28-20/h2-9,16-21,23-25H,10H2,1H3/t16-,17-,18+,19+,20-/m1/s1. The molecule has 0 unspecified atom stereocenters. The van der Waals surface area contributed by atoms with Gasteiger partial charge < -0.3 is 34.6 Å². The third-order valence-electron chi connectivity index (χ3n) is 4.36. The van der Waals surface area contributed by atoms with Crippen LogP contribution < -0.4 is 9.47 Å². The largest absolute Gasteiger partial charge is 0.462 e. The Morgan fingerprint density at radius 3 is 2.18 bits per heavy atom. The molecule has 8 heteroatoms. The fraction of sp³-hybridized carbons (Fsp3) is 0.350. The number of carbonyl (C=O) groups is 1. The van der Waals surface area contributed by atoms with E-state index in [9.17, 15) is 25.2 Å². The molecule has 1 aliphatic rings. The summed E-state index contributed by atoms with van der Waals surface area (Å²) >= 11 is 0. The lowest BCUT2D eigenvalue weighted by molar-refractivity contribution is -0.277. The summed E-state index contributed by atoms with van der Waals surface area (Å²) in [5.41, 5.74) is 1.54. The summed E-state index contributed by atoms with van der Waals surface area (Å²) in [7, 11) is 0. The third-order valence-corrected chi connectivity index (χ3v) is 4.36. The molecule has 0 spiro atoms. The zero-order valence-corrected chi connectivity index (χ0v) is 15.1. The molecule has 5 atom stereocenters. The molecule has 1 fully saturated rings. The van der Waals surface area contributed by atoms with Gasteiger partial charge in [-0.25, -0.2) is 0 Å². The Hall–Kier alpha value is -2.49. The van der Waals surface area contributed by atoms with Gasteiger partial charge in [0.1, 0.15) is 35.9 Å². The smallest absolute Gasteiger partial charge is 0.308 e. The van der Waals surface area contributed by atoms with Crippen molar-refractivity contribution in [2.24, 2.45) is 0 Å². The number of aliphatic hydroxyl groups excluding tert-OH is 4. The highest BCUT2D eigenvalue weighted by Gasteiger charge is 2.44. The highest BCUT2D eigenvalue weighted by atomic mass is 16.7. The van der Waals surface area contributed by atoms with E-state index in [2.05, 4.69) is 0 Å². The first kappa shape index (κ1) is 20.2. The van der Waals surface area contributed by atoms with Crippen molar-refractivity contribution >= 4 is 5.97 Å². The van der Waals surface area contributed by atoms with Gasteiger partial charge in [0.2, 0.25) is 6.29 Å². The molecule has 28 heavy (non-hydrogen) atoms. The van der Waals surface area contributed by atoms with Gasteiger partial charge in [-0.05, 0) is 35.4 Å². The number of esters is 1. The Kier molecular flexibility index (Phi) is 6.28. The van der Waals surface area contributed by atoms with Crippen LogP contribution in [0, 0.1) is 0 Å². The van der Waals surface area contributed by atoms with E-state index in [1.165, 1.54) is 6.92 Å². The summed E-state index contributed by atoms with van der Waals surface area (Å²) in [6.07, 6.45) is -6.77. The molecule has 0 bridgehead atoms. The van der Waals surface area contributed by atoms with Crippen LogP contribution in [0.5, 0.6) is 11.5 Å². The number of hydrogen-bond acceptors (Lipinski definition) is 8. The predicted molar refractivity (Wildman–Crippen MR) is 97.6 cm³/mol. The van der Waals surface area contributed by atoms with Crippen molar-refractivity contribution in [3.8, 4) is 22.6 Å². The lowest BCUT2D eigenvalue weighted by Crippen LogP contribution is -2.60. The van der Waals surface area contributed by atoms with Crippen LogP contribution in [-0.4, -0.2) is 63.7 Å². The molecule has 8 nitrogen and oxygen atoms in total. The van der Waals surface area contributed by atoms with Crippen LogP contribution in [0.1, 0.15) is 6.92 Å². The van der Waals surface area contributed by atoms with Crippen molar-refractivity contribution in [3.05, 3.63) is 48.5 Å². The molecule has 2 aromatic carbocycles. The van der Waals surface area contributed by atoms with E-state index in [4.69, 9.17) is 14.2 Å². The summed E-state index contributed by atoms with van der Waals surface area (Å²) in [4.78, 5) is 11.1. The van der Waals surface area contributed by atoms with E-state index in [1.54, 1.807) is 36.4 Å². The average molecular weight is 390 g/mol. The maximum absolute atomic E-state index is 11.1. The van der Waals surface area contributed by atoms with Crippen LogP contribution in [0.25, 0.3) is 11.1 Å². The van der Waals surface area contributed by atoms with E-state index >= 15 is 0 Å². The van der Waals surface area contributed by atoms with E-state index in [1.807, 2.05) is 12.1 Å². The first-order valence-electron chi connectivity index (χ1n) is 8.75. The highest BCUT2D eigenvalue weighted by Crippen LogP contribution is 2.29. The second kappa shape index (κ2) is 8.68. The molecule has 150 valence electrons. The van der Waals surface area contributed by atoms with Gasteiger partial charge in [0.15, 0.2) is 0 Å². The Balaban J connectivity index is 1.79. The number of hydrogen-bond donors (Lipinski definition) is 4. The van der Waals surface area contributed by atoms with Gasteiger partial charge in [0.05, 0.1) is 6.61 Å². The van der Waals surface area contributed by atoms with Gasteiger partial charge in [-0.3, -0.25) is 4.79 Å². The molecule has 1 heterocycles. The Morgan fingerprint density at radius 2 is 1.57 bits per heavy atom. The van der Waals surface area contributed by atoms with Crippen LogP contribution >= 0.6 is 0 Å². The zero-order valence-electron chi connectivity index (χ0n) is 15.1. The van der Waals surface area contributed by atoms with E-state index in [-0.39, 0.29) is 0 Å². The fourth-order valence-electron chi connectivity index (χ4n) is 2.95. The van der Waals surface area contributed by atoms with E-state index in [0.29, 0.717) is 11.5 Å². The molecule has 0 aromatic heterocycles. The van der Waals surface area contributed by atoms with Gasteiger partial charge >= 0.3 is 5.97 Å². The lowest BCUT2D eigenvalue weighted by Gasteiger charge is -2.39. The van der Waals surface area contributed by atoms with Gasteiger partial charge in [0, 0.05) is 6.92 Å². The third kappa shape index (κ3) is 4.49. The lowest BCUT2D eigenvalue weighted by atomic mass is 9.99. The van der Waals surface area contributed by atoms with Gasteiger partial charge in [-0.2, -0.15) is 0 Å². The van der Waals surface area contributed by atoms with Crippen molar-refractivity contribution in [2.75, 3.05) is 6.61 Å². The average Bonchev–Trinajstić information content (AvgIpc) is 2.68. The summed E-state index contributed by atoms with van der Waals surface area (Å²) in [6.45, 7) is 0.787. The summed E-state index contributed by atoms with van der Waals surface area (Å²) in [5.74, 6) is 0.335. The van der Waals surface area contributed by atoms with Crippen molar-refractivity contribution in [1.82, 2.24) is 0 Å². The molecule has 0 radical (unpaired) electrons. The first-order chi connectivity index (χ1) is 13.4. The molecule has 4 N–H and O–H groups in total. The minimum atomic E-state index is -1.51. The zero-order chi connectivity index (χ0) is 20.3. The number of benzene rings is 2.